The zero-order valence-electron chi connectivity index (χ0n) is 9.03. The molecule has 14 heavy (non-hydrogen) atoms. The van der Waals surface area contributed by atoms with Crippen molar-refractivity contribution in [2.24, 2.45) is 0 Å². The standard InChI is InChI=1S/C11H19NS2/c1-3-12(4-2)7-9-13-10-11-6-5-8-14-11/h5-6,8H,3-4,7,9-10H2,1-2H3. The monoisotopic (exact) mass is 229 g/mol. The Morgan fingerprint density at radius 1 is 1.36 bits per heavy atom. The highest BCUT2D eigenvalue weighted by molar-refractivity contribution is 7.98. The van der Waals surface area contributed by atoms with Gasteiger partial charge in [-0.15, -0.1) is 11.3 Å². The minimum absolute atomic E-state index is 1.18. The highest BCUT2D eigenvalue weighted by Gasteiger charge is 1.99. The first-order chi connectivity index (χ1) is 6.86. The molecule has 0 bridgehead atoms. The number of hydrogen-bond donors (Lipinski definition) is 0. The second-order valence-electron chi connectivity index (χ2n) is 3.16. The van der Waals surface area contributed by atoms with Gasteiger partial charge in [0.2, 0.25) is 0 Å². The molecule has 1 nitrogen and oxygen atoms in total. The van der Waals surface area contributed by atoms with E-state index in [4.69, 9.17) is 0 Å². The van der Waals surface area contributed by atoms with Crippen LogP contribution in [0.1, 0.15) is 18.7 Å². The average Bonchev–Trinajstić information content (AvgIpc) is 2.71. The normalized spacial score (nSPS) is 11.1. The summed E-state index contributed by atoms with van der Waals surface area (Å²) in [4.78, 5) is 3.97. The first-order valence-electron chi connectivity index (χ1n) is 5.19. The van der Waals surface area contributed by atoms with Crippen LogP contribution in [0, 0.1) is 0 Å². The van der Waals surface area contributed by atoms with E-state index in [0.717, 1.165) is 0 Å². The fourth-order valence-corrected chi connectivity index (χ4v) is 3.14. The van der Waals surface area contributed by atoms with Gasteiger partial charge in [0.25, 0.3) is 0 Å². The predicted octanol–water partition coefficient (Wildman–Crippen LogP) is 3.32. The third kappa shape index (κ3) is 4.49. The summed E-state index contributed by atoms with van der Waals surface area (Å²) in [5.74, 6) is 2.43. The van der Waals surface area contributed by atoms with Gasteiger partial charge >= 0.3 is 0 Å². The highest BCUT2D eigenvalue weighted by atomic mass is 32.2. The first-order valence-corrected chi connectivity index (χ1v) is 7.22. The van der Waals surface area contributed by atoms with Crippen LogP contribution < -0.4 is 0 Å². The molecule has 0 radical (unpaired) electrons. The maximum absolute atomic E-state index is 2.47. The van der Waals surface area contributed by atoms with Crippen molar-refractivity contribution >= 4 is 23.1 Å². The summed E-state index contributed by atoms with van der Waals surface area (Å²) in [6, 6.07) is 4.35. The molecule has 0 amide bonds. The summed E-state index contributed by atoms with van der Waals surface area (Å²) in [5.41, 5.74) is 0. The summed E-state index contributed by atoms with van der Waals surface area (Å²) in [7, 11) is 0. The second kappa shape index (κ2) is 7.32. The summed E-state index contributed by atoms with van der Waals surface area (Å²) in [6.07, 6.45) is 0. The summed E-state index contributed by atoms with van der Waals surface area (Å²) in [6.45, 7) is 8.04. The predicted molar refractivity (Wildman–Crippen MR) is 68.3 cm³/mol. The molecule has 0 fully saturated rings. The van der Waals surface area contributed by atoms with Gasteiger partial charge in [0, 0.05) is 22.9 Å². The second-order valence-corrected chi connectivity index (χ2v) is 5.30. The van der Waals surface area contributed by atoms with Crippen molar-refractivity contribution in [3.8, 4) is 0 Å². The van der Waals surface area contributed by atoms with Crippen LogP contribution in [-0.4, -0.2) is 30.3 Å². The third-order valence-corrected chi connectivity index (χ3v) is 4.32. The molecule has 0 saturated heterocycles. The lowest BCUT2D eigenvalue weighted by molar-refractivity contribution is 0.324. The molecule has 3 heteroatoms. The molecule has 0 aliphatic heterocycles. The van der Waals surface area contributed by atoms with Gasteiger partial charge in [-0.05, 0) is 24.5 Å². The van der Waals surface area contributed by atoms with Crippen LogP contribution in [0.4, 0.5) is 0 Å². The van der Waals surface area contributed by atoms with Gasteiger partial charge in [0.15, 0.2) is 0 Å². The molecular weight excluding hydrogens is 210 g/mol. The Balaban J connectivity index is 2.04. The topological polar surface area (TPSA) is 3.24 Å². The molecule has 0 aliphatic rings. The van der Waals surface area contributed by atoms with E-state index < -0.39 is 0 Å². The van der Waals surface area contributed by atoms with Crippen LogP contribution in [0.5, 0.6) is 0 Å². The number of hydrogen-bond acceptors (Lipinski definition) is 3. The van der Waals surface area contributed by atoms with Crippen LogP contribution in [0.15, 0.2) is 17.5 Å². The van der Waals surface area contributed by atoms with Crippen LogP contribution in [-0.2, 0) is 5.75 Å². The van der Waals surface area contributed by atoms with Crippen LogP contribution in [0.25, 0.3) is 0 Å². The molecule has 0 aliphatic carbocycles. The Kier molecular flexibility index (Phi) is 6.32. The summed E-state index contributed by atoms with van der Waals surface area (Å²) >= 11 is 3.90. The maximum atomic E-state index is 2.47. The van der Waals surface area contributed by atoms with Gasteiger partial charge in [-0.2, -0.15) is 11.8 Å². The molecule has 0 unspecified atom stereocenters. The van der Waals surface area contributed by atoms with Crippen molar-refractivity contribution in [1.82, 2.24) is 4.90 Å². The Morgan fingerprint density at radius 2 is 2.14 bits per heavy atom. The van der Waals surface area contributed by atoms with Gasteiger partial charge in [-0.25, -0.2) is 0 Å². The number of thioether (sulfide) groups is 1. The van der Waals surface area contributed by atoms with Gasteiger partial charge < -0.3 is 4.90 Å². The van der Waals surface area contributed by atoms with Gasteiger partial charge in [0.1, 0.15) is 0 Å². The molecule has 0 saturated carbocycles. The lowest BCUT2D eigenvalue weighted by Gasteiger charge is -2.17. The minimum atomic E-state index is 1.18. The minimum Gasteiger partial charge on any atom is -0.303 e. The summed E-state index contributed by atoms with van der Waals surface area (Å²) < 4.78 is 0. The Hall–Kier alpha value is 0.01000. The zero-order chi connectivity index (χ0) is 10.2. The van der Waals surface area contributed by atoms with Gasteiger partial charge in [0.05, 0.1) is 0 Å². The average molecular weight is 229 g/mol. The molecular formula is C11H19NS2. The van der Waals surface area contributed by atoms with Crippen LogP contribution in [0.3, 0.4) is 0 Å². The molecule has 80 valence electrons. The Morgan fingerprint density at radius 3 is 2.71 bits per heavy atom. The van der Waals surface area contributed by atoms with E-state index in [1.54, 1.807) is 0 Å². The lowest BCUT2D eigenvalue weighted by Crippen LogP contribution is -2.25. The maximum Gasteiger partial charge on any atom is 0.0279 e. The number of thiophene rings is 1. The first kappa shape index (κ1) is 12.1. The van der Waals surface area contributed by atoms with E-state index in [2.05, 4.69) is 36.3 Å². The molecule has 1 rings (SSSR count). The molecule has 1 aromatic rings. The number of rotatable bonds is 7. The van der Waals surface area contributed by atoms with E-state index >= 15 is 0 Å². The fraction of sp³-hybridized carbons (Fsp3) is 0.636. The fourth-order valence-electron chi connectivity index (χ4n) is 1.30. The van der Waals surface area contributed by atoms with Crippen LogP contribution >= 0.6 is 23.1 Å². The zero-order valence-corrected chi connectivity index (χ0v) is 10.7. The Bertz CT molecular complexity index is 217. The molecule has 0 atom stereocenters. The molecule has 0 N–H and O–H groups in total. The SMILES string of the molecule is CCN(CC)CCSCc1cccs1. The van der Waals surface area contributed by atoms with E-state index in [-0.39, 0.29) is 0 Å². The molecule has 0 spiro atoms. The molecule has 1 heterocycles. The lowest BCUT2D eigenvalue weighted by atomic mass is 10.5. The quantitative estimate of drug-likeness (QED) is 0.660. The highest BCUT2D eigenvalue weighted by Crippen LogP contribution is 2.16. The van der Waals surface area contributed by atoms with Crippen LogP contribution in [0.2, 0.25) is 0 Å². The summed E-state index contributed by atoms with van der Waals surface area (Å²) in [5, 5.41) is 2.15. The van der Waals surface area contributed by atoms with E-state index in [0.29, 0.717) is 0 Å². The van der Waals surface area contributed by atoms with Crippen molar-refractivity contribution < 1.29 is 0 Å². The molecule has 1 aromatic heterocycles. The van der Waals surface area contributed by atoms with E-state index in [1.807, 2.05) is 23.1 Å². The molecule has 0 aromatic carbocycles. The van der Waals surface area contributed by atoms with Crippen molar-refractivity contribution in [1.29, 1.82) is 0 Å². The largest absolute Gasteiger partial charge is 0.303 e. The van der Waals surface area contributed by atoms with Crippen molar-refractivity contribution in [2.75, 3.05) is 25.4 Å². The third-order valence-electron chi connectivity index (χ3n) is 2.27. The Labute approximate surface area is 95.5 Å². The van der Waals surface area contributed by atoms with Gasteiger partial charge in [-0.1, -0.05) is 19.9 Å². The van der Waals surface area contributed by atoms with E-state index in [1.165, 1.54) is 36.0 Å². The van der Waals surface area contributed by atoms with Crippen molar-refractivity contribution in [3.05, 3.63) is 22.4 Å². The van der Waals surface area contributed by atoms with E-state index in [9.17, 15) is 0 Å². The van der Waals surface area contributed by atoms with Crippen molar-refractivity contribution in [2.45, 2.75) is 19.6 Å². The smallest absolute Gasteiger partial charge is 0.0279 e. The van der Waals surface area contributed by atoms with Gasteiger partial charge in [-0.3, -0.25) is 0 Å². The van der Waals surface area contributed by atoms with Crippen molar-refractivity contribution in [3.63, 3.8) is 0 Å². The number of nitrogens with zero attached hydrogens (tertiary/aromatic N) is 1.